The smallest absolute Gasteiger partial charge is 0.291 e. The first-order chi connectivity index (χ1) is 15.6. The van der Waals surface area contributed by atoms with Crippen molar-refractivity contribution in [2.24, 2.45) is 0 Å². The normalized spacial score (nSPS) is 17.4. The van der Waals surface area contributed by atoms with Gasteiger partial charge in [-0.25, -0.2) is 0 Å². The van der Waals surface area contributed by atoms with Crippen LogP contribution < -0.4 is 14.8 Å². The summed E-state index contributed by atoms with van der Waals surface area (Å²) in [6.45, 7) is 6.27. The monoisotopic (exact) mass is 453 g/mol. The minimum atomic E-state index is -0.233. The molecule has 0 radical (unpaired) electrons. The lowest BCUT2D eigenvalue weighted by Gasteiger charge is -2.38. The highest BCUT2D eigenvalue weighted by Gasteiger charge is 2.31. The molecule has 1 saturated heterocycles. The van der Waals surface area contributed by atoms with E-state index in [1.807, 2.05) is 6.07 Å². The Morgan fingerprint density at radius 3 is 2.69 bits per heavy atom. The second-order valence-electron chi connectivity index (χ2n) is 8.14. The zero-order valence-electron chi connectivity index (χ0n) is 18.3. The molecule has 2 aliphatic rings. The summed E-state index contributed by atoms with van der Waals surface area (Å²) in [5.41, 5.74) is 2.24. The number of nitrogens with one attached hydrogen (secondary N) is 1. The van der Waals surface area contributed by atoms with Crippen molar-refractivity contribution in [3.8, 4) is 11.5 Å². The van der Waals surface area contributed by atoms with Gasteiger partial charge in [-0.15, -0.1) is 11.3 Å². The number of aryl methyl sites for hydroxylation is 1. The Kier molecular flexibility index (Phi) is 5.91. The van der Waals surface area contributed by atoms with E-state index >= 15 is 0 Å². The third-order valence-corrected chi connectivity index (χ3v) is 7.25. The van der Waals surface area contributed by atoms with Crippen molar-refractivity contribution in [3.63, 3.8) is 0 Å². The highest BCUT2D eigenvalue weighted by atomic mass is 32.1. The van der Waals surface area contributed by atoms with Gasteiger partial charge in [0.2, 0.25) is 6.79 Å². The number of amides is 1. The van der Waals surface area contributed by atoms with Gasteiger partial charge in [-0.2, -0.15) is 0 Å². The number of nitrogens with zero attached hydrogens (tertiary/aromatic N) is 2. The third-order valence-electron chi connectivity index (χ3n) is 6.04. The molecule has 1 N–H and O–H groups in total. The molecule has 1 fully saturated rings. The van der Waals surface area contributed by atoms with Crippen LogP contribution in [-0.2, 0) is 6.42 Å². The molecule has 4 heterocycles. The van der Waals surface area contributed by atoms with Crippen molar-refractivity contribution in [1.82, 2.24) is 9.80 Å². The molecular formula is C24H27N3O4S. The molecular weight excluding hydrogens is 426 g/mol. The largest absolute Gasteiger partial charge is 0.459 e. The number of carbonyl (C=O) groups excluding carboxylic acids is 1. The minimum absolute atomic E-state index is 0.00153. The summed E-state index contributed by atoms with van der Waals surface area (Å²) in [5, 5.41) is 3.98. The van der Waals surface area contributed by atoms with Crippen LogP contribution >= 0.6 is 11.3 Å². The molecule has 0 unspecified atom stereocenters. The van der Waals surface area contributed by atoms with Gasteiger partial charge in [0.1, 0.15) is 5.00 Å². The number of hydrogen-bond acceptors (Lipinski definition) is 7. The van der Waals surface area contributed by atoms with E-state index in [1.54, 1.807) is 23.5 Å². The second kappa shape index (κ2) is 8.97. The van der Waals surface area contributed by atoms with Gasteiger partial charge in [0.05, 0.1) is 12.3 Å². The van der Waals surface area contributed by atoms with Crippen molar-refractivity contribution < 1.29 is 18.7 Å². The Labute approximate surface area is 191 Å². The summed E-state index contributed by atoms with van der Waals surface area (Å²) >= 11 is 1.63. The highest BCUT2D eigenvalue weighted by Crippen LogP contribution is 2.43. The Balaban J connectivity index is 1.55. The number of ether oxygens (including phenoxy) is 2. The van der Waals surface area contributed by atoms with Gasteiger partial charge in [0.15, 0.2) is 17.3 Å². The van der Waals surface area contributed by atoms with Crippen molar-refractivity contribution >= 4 is 22.2 Å². The van der Waals surface area contributed by atoms with Crippen LogP contribution in [0.1, 0.15) is 39.5 Å². The number of piperazine rings is 1. The van der Waals surface area contributed by atoms with Gasteiger partial charge in [-0.3, -0.25) is 9.69 Å². The maximum Gasteiger partial charge on any atom is 0.291 e. The van der Waals surface area contributed by atoms with Crippen LogP contribution in [0.4, 0.5) is 5.00 Å². The number of furan rings is 1. The van der Waals surface area contributed by atoms with Crippen LogP contribution in [-0.4, -0.2) is 55.7 Å². The van der Waals surface area contributed by atoms with Crippen LogP contribution in [0.2, 0.25) is 0 Å². The highest BCUT2D eigenvalue weighted by molar-refractivity contribution is 7.16. The predicted molar refractivity (Wildman–Crippen MR) is 124 cm³/mol. The fourth-order valence-electron chi connectivity index (χ4n) is 4.26. The van der Waals surface area contributed by atoms with Gasteiger partial charge < -0.3 is 24.1 Å². The number of likely N-dealkylation sites (N-methyl/N-ethyl adjacent to an activating group) is 1. The summed E-state index contributed by atoms with van der Waals surface area (Å²) in [5.74, 6) is 1.62. The van der Waals surface area contributed by atoms with E-state index in [9.17, 15) is 4.79 Å². The number of thiophene rings is 1. The molecule has 1 amide bonds. The fraction of sp³-hybridized carbons (Fsp3) is 0.375. The number of anilines is 1. The van der Waals surface area contributed by atoms with E-state index in [4.69, 9.17) is 13.9 Å². The molecule has 2 aromatic heterocycles. The van der Waals surface area contributed by atoms with Crippen LogP contribution in [0.15, 0.2) is 47.1 Å². The summed E-state index contributed by atoms with van der Waals surface area (Å²) in [6, 6.07) is 11.8. The Hall–Kier alpha value is -2.81. The van der Waals surface area contributed by atoms with E-state index in [2.05, 4.69) is 47.3 Å². The van der Waals surface area contributed by atoms with Gasteiger partial charge in [0.25, 0.3) is 5.91 Å². The SMILES string of the molecule is CCc1cc([C@H](c2ccc3c(c2)OCO3)N2CCN(C)CC2)c(NC(=O)c2ccco2)s1. The summed E-state index contributed by atoms with van der Waals surface area (Å²) < 4.78 is 16.5. The van der Waals surface area contributed by atoms with Crippen molar-refractivity contribution in [3.05, 3.63) is 64.4 Å². The maximum atomic E-state index is 12.8. The fourth-order valence-corrected chi connectivity index (χ4v) is 5.28. The molecule has 0 spiro atoms. The molecule has 32 heavy (non-hydrogen) atoms. The molecule has 1 aromatic carbocycles. The topological polar surface area (TPSA) is 67.2 Å². The molecule has 0 aliphatic carbocycles. The lowest BCUT2D eigenvalue weighted by molar-refractivity contribution is 0.0996. The number of rotatable bonds is 6. The summed E-state index contributed by atoms with van der Waals surface area (Å²) in [4.78, 5) is 18.9. The number of fused-ring (bicyclic) bond motifs is 1. The number of carbonyl (C=O) groups is 1. The van der Waals surface area contributed by atoms with E-state index < -0.39 is 0 Å². The van der Waals surface area contributed by atoms with Crippen LogP contribution in [0.5, 0.6) is 11.5 Å². The van der Waals surface area contributed by atoms with Gasteiger partial charge in [-0.05, 0) is 49.4 Å². The summed E-state index contributed by atoms with van der Waals surface area (Å²) in [6.07, 6.45) is 2.42. The van der Waals surface area contributed by atoms with Crippen molar-refractivity contribution in [2.75, 3.05) is 45.3 Å². The summed E-state index contributed by atoms with van der Waals surface area (Å²) in [7, 11) is 2.15. The molecule has 0 saturated carbocycles. The quantitative estimate of drug-likeness (QED) is 0.603. The average molecular weight is 454 g/mol. The Bertz CT molecular complexity index is 1090. The van der Waals surface area contributed by atoms with Crippen molar-refractivity contribution in [2.45, 2.75) is 19.4 Å². The Morgan fingerprint density at radius 2 is 1.94 bits per heavy atom. The van der Waals surface area contributed by atoms with E-state index in [0.29, 0.717) is 5.76 Å². The lowest BCUT2D eigenvalue weighted by Crippen LogP contribution is -2.46. The first-order valence-electron chi connectivity index (χ1n) is 10.9. The van der Waals surface area contributed by atoms with Crippen LogP contribution in [0.3, 0.4) is 0 Å². The molecule has 5 rings (SSSR count). The van der Waals surface area contributed by atoms with Gasteiger partial charge in [-0.1, -0.05) is 13.0 Å². The first-order valence-corrected chi connectivity index (χ1v) is 11.7. The predicted octanol–water partition coefficient (Wildman–Crippen LogP) is 4.22. The molecule has 8 heteroatoms. The standard InChI is InChI=1S/C24H27N3O4S/c1-3-17-14-18(24(32-17)25-23(28)20-5-4-12-29-20)22(27-10-8-26(2)9-11-27)16-6-7-19-21(13-16)31-15-30-19/h4-7,12-14,22H,3,8-11,15H2,1-2H3,(H,25,28)/t22-/m0/s1. The molecule has 2 aliphatic heterocycles. The number of benzene rings is 1. The Morgan fingerprint density at radius 1 is 1.12 bits per heavy atom. The molecule has 1 atom stereocenters. The molecule has 168 valence electrons. The zero-order chi connectivity index (χ0) is 22.1. The maximum absolute atomic E-state index is 12.8. The lowest BCUT2D eigenvalue weighted by atomic mass is 9.96. The van der Waals surface area contributed by atoms with E-state index in [0.717, 1.165) is 60.2 Å². The molecule has 3 aromatic rings. The molecule has 0 bridgehead atoms. The van der Waals surface area contributed by atoms with Gasteiger partial charge in [0, 0.05) is 36.6 Å². The minimum Gasteiger partial charge on any atom is -0.459 e. The van der Waals surface area contributed by atoms with E-state index in [-0.39, 0.29) is 18.7 Å². The van der Waals surface area contributed by atoms with E-state index in [1.165, 1.54) is 11.1 Å². The first kappa shape index (κ1) is 21.1. The third kappa shape index (κ3) is 4.13. The van der Waals surface area contributed by atoms with Crippen molar-refractivity contribution in [1.29, 1.82) is 0 Å². The van der Waals surface area contributed by atoms with Crippen LogP contribution in [0.25, 0.3) is 0 Å². The zero-order valence-corrected chi connectivity index (χ0v) is 19.1. The second-order valence-corrected chi connectivity index (χ2v) is 9.27. The molecule has 7 nitrogen and oxygen atoms in total. The van der Waals surface area contributed by atoms with Crippen LogP contribution in [0, 0.1) is 0 Å². The average Bonchev–Trinajstić information content (AvgIpc) is 3.56. The van der Waals surface area contributed by atoms with Gasteiger partial charge >= 0.3 is 0 Å². The number of hydrogen-bond donors (Lipinski definition) is 1.